The number of benzene rings is 1. The molecule has 0 saturated carbocycles. The van der Waals surface area contributed by atoms with Crippen molar-refractivity contribution >= 4 is 38.1 Å². The molecule has 3 heterocycles. The van der Waals surface area contributed by atoms with E-state index in [-0.39, 0.29) is 40.8 Å². The van der Waals surface area contributed by atoms with Gasteiger partial charge in [-0.1, -0.05) is 11.3 Å². The van der Waals surface area contributed by atoms with Gasteiger partial charge in [0.2, 0.25) is 0 Å². The summed E-state index contributed by atoms with van der Waals surface area (Å²) in [5.41, 5.74) is 2.05. The van der Waals surface area contributed by atoms with E-state index in [4.69, 9.17) is 9.47 Å². The average Bonchev–Trinajstić information content (AvgIpc) is 3.32. The molecule has 33 heavy (non-hydrogen) atoms. The first-order chi connectivity index (χ1) is 15.7. The zero-order valence-corrected chi connectivity index (χ0v) is 19.9. The van der Waals surface area contributed by atoms with Crippen LogP contribution in [-0.2, 0) is 26.7 Å². The molecule has 2 aromatic heterocycles. The van der Waals surface area contributed by atoms with Gasteiger partial charge in [0, 0.05) is 10.9 Å². The van der Waals surface area contributed by atoms with E-state index in [0.717, 1.165) is 11.3 Å². The Morgan fingerprint density at radius 2 is 2.09 bits per heavy atom. The quantitative estimate of drug-likeness (QED) is 0.522. The van der Waals surface area contributed by atoms with Gasteiger partial charge in [-0.2, -0.15) is 0 Å². The molecule has 0 atom stereocenters. The third-order valence-corrected chi connectivity index (χ3v) is 8.10. The average molecular weight is 491 g/mol. The summed E-state index contributed by atoms with van der Waals surface area (Å²) >= 11 is 1.07. The van der Waals surface area contributed by atoms with E-state index in [9.17, 15) is 18.0 Å². The lowest BCUT2D eigenvalue weighted by Crippen LogP contribution is -2.20. The fraction of sp³-hybridized carbons (Fsp3) is 0.333. The first kappa shape index (κ1) is 22.9. The highest BCUT2D eigenvalue weighted by molar-refractivity contribution is 7.90. The molecular formula is C21H22N4O6S2. The Morgan fingerprint density at radius 3 is 2.82 bits per heavy atom. The second-order valence-electron chi connectivity index (χ2n) is 7.36. The minimum Gasteiger partial charge on any atom is -0.497 e. The van der Waals surface area contributed by atoms with Crippen molar-refractivity contribution in [3.8, 4) is 11.4 Å². The second kappa shape index (κ2) is 8.94. The number of methoxy groups -OCH3 is 1. The summed E-state index contributed by atoms with van der Waals surface area (Å²) in [7, 11) is -1.69. The molecule has 1 N–H and O–H groups in total. The minimum absolute atomic E-state index is 0.0511. The molecule has 4 rings (SSSR count). The summed E-state index contributed by atoms with van der Waals surface area (Å²) in [6.07, 6.45) is 0.198. The highest BCUT2D eigenvalue weighted by Crippen LogP contribution is 2.38. The van der Waals surface area contributed by atoms with E-state index in [1.807, 2.05) is 0 Å². The van der Waals surface area contributed by atoms with Gasteiger partial charge in [-0.25, -0.2) is 17.9 Å². The van der Waals surface area contributed by atoms with Crippen LogP contribution in [0.4, 0.5) is 5.00 Å². The Labute approximate surface area is 194 Å². The first-order valence-corrected chi connectivity index (χ1v) is 12.8. The highest BCUT2D eigenvalue weighted by Gasteiger charge is 2.32. The van der Waals surface area contributed by atoms with E-state index in [1.54, 1.807) is 45.2 Å². The Kier molecular flexibility index (Phi) is 6.21. The molecule has 1 aromatic carbocycles. The molecule has 1 aliphatic rings. The monoisotopic (exact) mass is 490 g/mol. The zero-order chi connectivity index (χ0) is 23.8. The van der Waals surface area contributed by atoms with Crippen LogP contribution in [0.25, 0.3) is 5.69 Å². The van der Waals surface area contributed by atoms with Crippen LogP contribution in [0.1, 0.15) is 43.9 Å². The van der Waals surface area contributed by atoms with Gasteiger partial charge >= 0.3 is 5.97 Å². The van der Waals surface area contributed by atoms with Crippen molar-refractivity contribution in [2.75, 3.05) is 24.8 Å². The highest BCUT2D eigenvalue weighted by atomic mass is 32.2. The van der Waals surface area contributed by atoms with Gasteiger partial charge in [-0.3, -0.25) is 4.79 Å². The van der Waals surface area contributed by atoms with E-state index in [0.29, 0.717) is 27.6 Å². The maximum atomic E-state index is 13.1. The van der Waals surface area contributed by atoms with Crippen LogP contribution < -0.4 is 10.1 Å². The predicted molar refractivity (Wildman–Crippen MR) is 122 cm³/mol. The third-order valence-electron chi connectivity index (χ3n) is 5.22. The summed E-state index contributed by atoms with van der Waals surface area (Å²) in [6, 6.07) is 7.15. The number of anilines is 1. The van der Waals surface area contributed by atoms with Gasteiger partial charge in [0.15, 0.2) is 15.5 Å². The van der Waals surface area contributed by atoms with E-state index >= 15 is 0 Å². The number of nitrogens with one attached hydrogen (secondary N) is 1. The first-order valence-electron chi connectivity index (χ1n) is 10.1. The molecule has 3 aromatic rings. The number of nitrogens with zero attached hydrogens (tertiary/aromatic N) is 3. The maximum Gasteiger partial charge on any atom is 0.341 e. The lowest BCUT2D eigenvalue weighted by molar-refractivity contribution is 0.0527. The molecular weight excluding hydrogens is 468 g/mol. The molecule has 1 amide bonds. The normalized spacial score (nSPS) is 14.4. The van der Waals surface area contributed by atoms with Gasteiger partial charge in [-0.05, 0) is 38.0 Å². The SMILES string of the molecule is CCOC(=O)c1c(NC(=O)c2nnn(-c3cccc(OC)c3)c2C)sc2c1CCS(=O)(=O)C2. The van der Waals surface area contributed by atoms with Crippen LogP contribution in [0.5, 0.6) is 5.75 Å². The number of esters is 1. The molecule has 0 unspecified atom stereocenters. The maximum absolute atomic E-state index is 13.1. The number of hydrogen-bond donors (Lipinski definition) is 1. The molecule has 1 aliphatic heterocycles. The molecule has 0 spiro atoms. The molecule has 174 valence electrons. The predicted octanol–water partition coefficient (Wildman–Crippen LogP) is 2.55. The molecule has 0 bridgehead atoms. The Bertz CT molecular complexity index is 1340. The van der Waals surface area contributed by atoms with Gasteiger partial charge in [0.05, 0.1) is 42.2 Å². The van der Waals surface area contributed by atoms with Crippen LogP contribution in [-0.4, -0.2) is 54.8 Å². The number of fused-ring (bicyclic) bond motifs is 1. The largest absolute Gasteiger partial charge is 0.497 e. The lowest BCUT2D eigenvalue weighted by atomic mass is 10.1. The van der Waals surface area contributed by atoms with Crippen LogP contribution >= 0.6 is 11.3 Å². The number of amides is 1. The van der Waals surface area contributed by atoms with Crippen molar-refractivity contribution in [1.29, 1.82) is 0 Å². The third kappa shape index (κ3) is 4.48. The molecule has 0 radical (unpaired) electrons. The molecule has 12 heteroatoms. The number of hydrogen-bond acceptors (Lipinski definition) is 9. The number of thiophene rings is 1. The van der Waals surface area contributed by atoms with E-state index < -0.39 is 21.7 Å². The second-order valence-corrected chi connectivity index (χ2v) is 10.7. The molecule has 0 fully saturated rings. The van der Waals surface area contributed by atoms with Crippen LogP contribution in [0.3, 0.4) is 0 Å². The number of carbonyl (C=O) groups excluding carboxylic acids is 2. The van der Waals surface area contributed by atoms with Crippen molar-refractivity contribution < 1.29 is 27.5 Å². The van der Waals surface area contributed by atoms with E-state index in [2.05, 4.69) is 15.6 Å². The lowest BCUT2D eigenvalue weighted by Gasteiger charge is -2.13. The number of carbonyl (C=O) groups is 2. The summed E-state index contributed by atoms with van der Waals surface area (Å²) in [5.74, 6) is -0.744. The fourth-order valence-corrected chi connectivity index (χ4v) is 6.65. The number of sulfone groups is 1. The molecule has 10 nitrogen and oxygen atoms in total. The van der Waals surface area contributed by atoms with Gasteiger partial charge in [0.25, 0.3) is 5.91 Å². The van der Waals surface area contributed by atoms with Crippen molar-refractivity contribution in [1.82, 2.24) is 15.0 Å². The van der Waals surface area contributed by atoms with Gasteiger partial charge < -0.3 is 14.8 Å². The Morgan fingerprint density at radius 1 is 1.30 bits per heavy atom. The summed E-state index contributed by atoms with van der Waals surface area (Å²) < 4.78 is 36.1. The summed E-state index contributed by atoms with van der Waals surface area (Å²) in [6.45, 7) is 3.54. The summed E-state index contributed by atoms with van der Waals surface area (Å²) in [4.78, 5) is 26.2. The van der Waals surface area contributed by atoms with Crippen LogP contribution in [0.2, 0.25) is 0 Å². The van der Waals surface area contributed by atoms with Crippen LogP contribution in [0, 0.1) is 6.92 Å². The Balaban J connectivity index is 1.67. The topological polar surface area (TPSA) is 129 Å². The number of rotatable bonds is 6. The number of aromatic nitrogens is 3. The van der Waals surface area contributed by atoms with Crippen molar-refractivity contribution in [3.05, 3.63) is 51.7 Å². The van der Waals surface area contributed by atoms with Crippen LogP contribution in [0.15, 0.2) is 24.3 Å². The molecule has 0 saturated heterocycles. The zero-order valence-electron chi connectivity index (χ0n) is 18.2. The minimum atomic E-state index is -3.25. The van der Waals surface area contributed by atoms with E-state index in [1.165, 1.54) is 4.68 Å². The summed E-state index contributed by atoms with van der Waals surface area (Å²) in [5, 5.41) is 11.1. The van der Waals surface area contributed by atoms with Gasteiger partial charge in [-0.15, -0.1) is 16.4 Å². The molecule has 0 aliphatic carbocycles. The Hall–Kier alpha value is -3.25. The van der Waals surface area contributed by atoms with Crippen molar-refractivity contribution in [2.45, 2.75) is 26.0 Å². The standard InChI is InChI=1S/C21H22N4O6S2/c1-4-31-21(27)17-15-8-9-33(28,29)11-16(15)32-20(17)22-19(26)18-12(2)25(24-23-18)13-6-5-7-14(10-13)30-3/h5-7,10H,4,8-9,11H2,1-3H3,(H,22,26). The van der Waals surface area contributed by atoms with Crippen molar-refractivity contribution in [3.63, 3.8) is 0 Å². The smallest absolute Gasteiger partial charge is 0.341 e. The van der Waals surface area contributed by atoms with Gasteiger partial charge in [0.1, 0.15) is 10.8 Å². The fourth-order valence-electron chi connectivity index (χ4n) is 3.62. The van der Waals surface area contributed by atoms with Crippen molar-refractivity contribution in [2.24, 2.45) is 0 Å². The number of ether oxygens (including phenoxy) is 2.